The van der Waals surface area contributed by atoms with Crippen LogP contribution in [0.3, 0.4) is 0 Å². The molecule has 1 aromatic carbocycles. The highest BCUT2D eigenvalue weighted by Crippen LogP contribution is 2.23. The van der Waals surface area contributed by atoms with E-state index in [4.69, 9.17) is 4.74 Å². The van der Waals surface area contributed by atoms with Crippen LogP contribution in [0, 0.1) is 27.7 Å². The summed E-state index contributed by atoms with van der Waals surface area (Å²) in [4.78, 5) is 25.3. The lowest BCUT2D eigenvalue weighted by atomic mass is 10.1. The Bertz CT molecular complexity index is 1050. The Hall–Kier alpha value is -2.80. The SMILES string of the molecule is CCc1nnsc1C(=O)OCC(=O)c1cc(C)n(-c2ccc(C)c(C)c2)c1C. The summed E-state index contributed by atoms with van der Waals surface area (Å²) in [5, 5.41) is 3.90. The van der Waals surface area contributed by atoms with Gasteiger partial charge in [-0.3, -0.25) is 4.79 Å². The first-order valence-corrected chi connectivity index (χ1v) is 9.89. The number of esters is 1. The molecule has 7 heteroatoms. The molecule has 0 saturated carbocycles. The van der Waals surface area contributed by atoms with Gasteiger partial charge in [-0.1, -0.05) is 17.5 Å². The maximum atomic E-state index is 12.7. The van der Waals surface area contributed by atoms with Crippen LogP contribution in [0.15, 0.2) is 24.3 Å². The average molecular weight is 398 g/mol. The molecular formula is C21H23N3O3S. The van der Waals surface area contributed by atoms with Crippen LogP contribution in [0.4, 0.5) is 0 Å². The minimum Gasteiger partial charge on any atom is -0.453 e. The summed E-state index contributed by atoms with van der Waals surface area (Å²) in [7, 11) is 0. The number of rotatable bonds is 6. The summed E-state index contributed by atoms with van der Waals surface area (Å²) in [5.74, 6) is -0.782. The third-order valence-electron chi connectivity index (χ3n) is 4.89. The van der Waals surface area contributed by atoms with E-state index in [1.165, 1.54) is 11.1 Å². The number of carbonyl (C=O) groups excluding carboxylic acids is 2. The van der Waals surface area contributed by atoms with E-state index in [1.54, 1.807) is 0 Å². The Kier molecular flexibility index (Phi) is 5.74. The second-order valence-corrected chi connectivity index (χ2v) is 7.54. The van der Waals surface area contributed by atoms with Crippen molar-refractivity contribution in [3.8, 4) is 5.69 Å². The van der Waals surface area contributed by atoms with E-state index in [9.17, 15) is 9.59 Å². The number of Topliss-reactive ketones (excluding diaryl/α,β-unsaturated/α-hetero) is 1. The van der Waals surface area contributed by atoms with E-state index in [0.29, 0.717) is 22.6 Å². The molecular weight excluding hydrogens is 374 g/mol. The number of aryl methyl sites for hydroxylation is 4. The highest BCUT2D eigenvalue weighted by Gasteiger charge is 2.21. The van der Waals surface area contributed by atoms with Crippen molar-refractivity contribution in [3.63, 3.8) is 0 Å². The number of nitrogens with zero attached hydrogens (tertiary/aromatic N) is 3. The number of ketones is 1. The van der Waals surface area contributed by atoms with E-state index >= 15 is 0 Å². The molecule has 6 nitrogen and oxygen atoms in total. The Balaban J connectivity index is 1.79. The number of hydrogen-bond acceptors (Lipinski definition) is 6. The summed E-state index contributed by atoms with van der Waals surface area (Å²) >= 11 is 0.988. The first kappa shape index (κ1) is 19.9. The summed E-state index contributed by atoms with van der Waals surface area (Å²) in [5.41, 5.74) is 6.36. The van der Waals surface area contributed by atoms with Crippen molar-refractivity contribution in [3.05, 3.63) is 62.9 Å². The van der Waals surface area contributed by atoms with Gasteiger partial charge in [-0.15, -0.1) is 5.10 Å². The minimum atomic E-state index is -0.553. The smallest absolute Gasteiger partial charge is 0.352 e. The lowest BCUT2D eigenvalue weighted by Gasteiger charge is -2.12. The molecule has 0 aliphatic heterocycles. The van der Waals surface area contributed by atoms with Gasteiger partial charge in [-0.25, -0.2) is 4.79 Å². The van der Waals surface area contributed by atoms with Crippen molar-refractivity contribution in [2.75, 3.05) is 6.61 Å². The zero-order valence-electron chi connectivity index (χ0n) is 16.7. The number of ether oxygens (including phenoxy) is 1. The predicted octanol–water partition coefficient (Wildman–Crippen LogP) is 4.16. The Morgan fingerprint density at radius 1 is 1.11 bits per heavy atom. The first-order valence-electron chi connectivity index (χ1n) is 9.11. The summed E-state index contributed by atoms with van der Waals surface area (Å²) in [6.45, 7) is 9.58. The molecule has 0 atom stereocenters. The molecule has 146 valence electrons. The maximum Gasteiger partial charge on any atom is 0.352 e. The molecule has 2 aromatic heterocycles. The molecule has 0 unspecified atom stereocenters. The second kappa shape index (κ2) is 8.06. The van der Waals surface area contributed by atoms with Crippen molar-refractivity contribution in [2.24, 2.45) is 0 Å². The molecule has 0 aliphatic rings. The summed E-state index contributed by atoms with van der Waals surface area (Å²) < 4.78 is 11.0. The van der Waals surface area contributed by atoms with E-state index in [0.717, 1.165) is 28.6 Å². The van der Waals surface area contributed by atoms with Gasteiger partial charge in [0.05, 0.1) is 5.69 Å². The normalized spacial score (nSPS) is 10.9. The quantitative estimate of drug-likeness (QED) is 0.461. The molecule has 0 spiro atoms. The van der Waals surface area contributed by atoms with E-state index in [2.05, 4.69) is 35.6 Å². The number of benzene rings is 1. The van der Waals surface area contributed by atoms with Crippen molar-refractivity contribution in [1.29, 1.82) is 0 Å². The van der Waals surface area contributed by atoms with Gasteiger partial charge >= 0.3 is 5.97 Å². The molecule has 0 aliphatic carbocycles. The van der Waals surface area contributed by atoms with Crippen molar-refractivity contribution in [1.82, 2.24) is 14.2 Å². The molecule has 3 rings (SSSR count). The van der Waals surface area contributed by atoms with Gasteiger partial charge in [0.1, 0.15) is 0 Å². The van der Waals surface area contributed by atoms with Gasteiger partial charge < -0.3 is 9.30 Å². The van der Waals surface area contributed by atoms with Crippen LogP contribution in [0.25, 0.3) is 5.69 Å². The Morgan fingerprint density at radius 2 is 1.86 bits per heavy atom. The maximum absolute atomic E-state index is 12.7. The molecule has 28 heavy (non-hydrogen) atoms. The lowest BCUT2D eigenvalue weighted by molar-refractivity contribution is 0.0478. The number of hydrogen-bond donors (Lipinski definition) is 0. The molecule has 2 heterocycles. The van der Waals surface area contributed by atoms with E-state index in [1.807, 2.05) is 37.5 Å². The molecule has 0 radical (unpaired) electrons. The molecule has 0 N–H and O–H groups in total. The Morgan fingerprint density at radius 3 is 2.54 bits per heavy atom. The van der Waals surface area contributed by atoms with Crippen LogP contribution in [-0.2, 0) is 11.2 Å². The van der Waals surface area contributed by atoms with Crippen molar-refractivity contribution in [2.45, 2.75) is 41.0 Å². The Labute approximate surface area is 168 Å². The first-order chi connectivity index (χ1) is 13.3. The van der Waals surface area contributed by atoms with Crippen LogP contribution in [-0.4, -0.2) is 32.5 Å². The van der Waals surface area contributed by atoms with E-state index in [-0.39, 0.29) is 12.4 Å². The van der Waals surface area contributed by atoms with Crippen molar-refractivity contribution >= 4 is 23.3 Å². The lowest BCUT2D eigenvalue weighted by Crippen LogP contribution is -2.15. The van der Waals surface area contributed by atoms with Gasteiger partial charge in [0.15, 0.2) is 11.5 Å². The molecule has 3 aromatic rings. The zero-order chi connectivity index (χ0) is 20.4. The highest BCUT2D eigenvalue weighted by molar-refractivity contribution is 7.07. The molecule has 0 fully saturated rings. The fourth-order valence-electron chi connectivity index (χ4n) is 3.18. The zero-order valence-corrected chi connectivity index (χ0v) is 17.5. The van der Waals surface area contributed by atoms with Gasteiger partial charge in [0.2, 0.25) is 5.78 Å². The topological polar surface area (TPSA) is 74.1 Å². The number of carbonyl (C=O) groups is 2. The molecule has 0 bridgehead atoms. The largest absolute Gasteiger partial charge is 0.453 e. The van der Waals surface area contributed by atoms with Gasteiger partial charge in [-0.2, -0.15) is 0 Å². The van der Waals surface area contributed by atoms with Gasteiger partial charge in [-0.05, 0) is 75.0 Å². The van der Waals surface area contributed by atoms with Crippen LogP contribution in [0.5, 0.6) is 0 Å². The minimum absolute atomic E-state index is 0.230. The van der Waals surface area contributed by atoms with Crippen LogP contribution in [0.2, 0.25) is 0 Å². The standard InChI is InChI=1S/C21H23N3O3S/c1-6-18-20(28-23-22-18)21(26)27-11-19(25)17-10-14(4)24(15(17)5)16-8-7-12(2)13(3)9-16/h7-10H,6,11H2,1-5H3. The molecule has 0 saturated heterocycles. The number of aromatic nitrogens is 3. The van der Waals surface area contributed by atoms with Crippen molar-refractivity contribution < 1.29 is 14.3 Å². The van der Waals surface area contributed by atoms with Crippen LogP contribution >= 0.6 is 11.5 Å². The second-order valence-electron chi connectivity index (χ2n) is 6.79. The van der Waals surface area contributed by atoms with Gasteiger partial charge in [0, 0.05) is 22.6 Å². The van der Waals surface area contributed by atoms with E-state index < -0.39 is 5.97 Å². The summed E-state index contributed by atoms with van der Waals surface area (Å²) in [6.07, 6.45) is 0.589. The summed E-state index contributed by atoms with van der Waals surface area (Å²) in [6, 6.07) is 8.06. The van der Waals surface area contributed by atoms with Crippen LogP contribution < -0.4 is 0 Å². The fraction of sp³-hybridized carbons (Fsp3) is 0.333. The van der Waals surface area contributed by atoms with Crippen LogP contribution in [0.1, 0.15) is 55.2 Å². The highest BCUT2D eigenvalue weighted by atomic mass is 32.1. The monoisotopic (exact) mass is 397 g/mol. The molecule has 0 amide bonds. The average Bonchev–Trinajstić information content (AvgIpc) is 3.26. The fourth-order valence-corrected chi connectivity index (χ4v) is 3.82. The third kappa shape index (κ3) is 3.75. The third-order valence-corrected chi connectivity index (χ3v) is 5.64. The van der Waals surface area contributed by atoms with Gasteiger partial charge in [0.25, 0.3) is 0 Å². The predicted molar refractivity (Wildman–Crippen MR) is 109 cm³/mol.